The Kier molecular flexibility index (Phi) is 4.77. The van der Waals surface area contributed by atoms with Crippen molar-refractivity contribution in [2.24, 2.45) is 0 Å². The summed E-state index contributed by atoms with van der Waals surface area (Å²) in [5.74, 6) is 0.905. The molecule has 110 valence electrons. The van der Waals surface area contributed by atoms with E-state index < -0.39 is 0 Å². The van der Waals surface area contributed by atoms with Crippen molar-refractivity contribution in [2.75, 3.05) is 14.2 Å². The van der Waals surface area contributed by atoms with Gasteiger partial charge in [-0.2, -0.15) is 0 Å². The molecule has 0 saturated heterocycles. The minimum Gasteiger partial charge on any atom is -0.497 e. The Hall–Kier alpha value is -2.56. The molecule has 0 spiro atoms. The summed E-state index contributed by atoms with van der Waals surface area (Å²) in [6.45, 7) is 1.92. The van der Waals surface area contributed by atoms with Crippen LogP contribution in [0, 0.1) is 0 Å². The Morgan fingerprint density at radius 1 is 1.14 bits per heavy atom. The van der Waals surface area contributed by atoms with Crippen LogP contribution in [0.25, 0.3) is 0 Å². The minimum absolute atomic E-state index is 0.128. The van der Waals surface area contributed by atoms with E-state index in [1.807, 2.05) is 19.1 Å². The highest BCUT2D eigenvalue weighted by molar-refractivity contribution is 5.97. The highest BCUT2D eigenvalue weighted by Gasteiger charge is 2.16. The monoisotopic (exact) mass is 286 g/mol. The van der Waals surface area contributed by atoms with E-state index in [1.165, 1.54) is 7.11 Å². The molecule has 1 aromatic heterocycles. The van der Waals surface area contributed by atoms with Crippen LogP contribution in [-0.2, 0) is 0 Å². The maximum absolute atomic E-state index is 12.4. The number of carbonyl (C=O) groups excluding carboxylic acids is 1. The second kappa shape index (κ2) is 6.74. The van der Waals surface area contributed by atoms with E-state index in [0.717, 1.165) is 5.56 Å². The van der Waals surface area contributed by atoms with Gasteiger partial charge >= 0.3 is 0 Å². The van der Waals surface area contributed by atoms with Gasteiger partial charge in [-0.25, -0.2) is 0 Å². The number of hydrogen-bond donors (Lipinski definition) is 1. The van der Waals surface area contributed by atoms with E-state index in [-0.39, 0.29) is 11.9 Å². The van der Waals surface area contributed by atoms with E-state index >= 15 is 0 Å². The first-order valence-corrected chi connectivity index (χ1v) is 6.58. The van der Waals surface area contributed by atoms with Crippen LogP contribution in [0.15, 0.2) is 42.7 Å². The van der Waals surface area contributed by atoms with Gasteiger partial charge in [0, 0.05) is 12.4 Å². The Balaban J connectivity index is 2.20. The first-order chi connectivity index (χ1) is 10.2. The largest absolute Gasteiger partial charge is 0.497 e. The maximum Gasteiger partial charge on any atom is 0.255 e. The van der Waals surface area contributed by atoms with Gasteiger partial charge in [0.15, 0.2) is 0 Å². The molecule has 0 aliphatic heterocycles. The lowest BCUT2D eigenvalue weighted by Gasteiger charge is -2.16. The molecule has 2 rings (SSSR count). The van der Waals surface area contributed by atoms with Crippen LogP contribution in [-0.4, -0.2) is 25.1 Å². The van der Waals surface area contributed by atoms with E-state index in [9.17, 15) is 4.79 Å². The van der Waals surface area contributed by atoms with Gasteiger partial charge in [0.2, 0.25) is 0 Å². The molecule has 0 radical (unpaired) electrons. The third-order valence-corrected chi connectivity index (χ3v) is 3.20. The second-order valence-corrected chi connectivity index (χ2v) is 4.54. The third-order valence-electron chi connectivity index (χ3n) is 3.20. The Labute approximate surface area is 123 Å². The lowest BCUT2D eigenvalue weighted by Crippen LogP contribution is -2.27. The molecule has 1 heterocycles. The van der Waals surface area contributed by atoms with Crippen LogP contribution >= 0.6 is 0 Å². The van der Waals surface area contributed by atoms with Crippen molar-refractivity contribution >= 4 is 5.91 Å². The summed E-state index contributed by atoms with van der Waals surface area (Å²) >= 11 is 0. The van der Waals surface area contributed by atoms with Crippen molar-refractivity contribution in [1.82, 2.24) is 10.3 Å². The van der Waals surface area contributed by atoms with Gasteiger partial charge in [0.25, 0.3) is 5.91 Å². The van der Waals surface area contributed by atoms with Gasteiger partial charge in [-0.3, -0.25) is 9.78 Å². The first-order valence-electron chi connectivity index (χ1n) is 6.58. The number of ether oxygens (including phenoxy) is 2. The van der Waals surface area contributed by atoms with Gasteiger partial charge in [0.05, 0.1) is 25.8 Å². The number of pyridine rings is 1. The molecule has 1 aromatic carbocycles. The molecular formula is C16H18N2O3. The van der Waals surface area contributed by atoms with Crippen molar-refractivity contribution in [3.63, 3.8) is 0 Å². The first kappa shape index (κ1) is 14.8. The average Bonchev–Trinajstić information content (AvgIpc) is 2.54. The number of methoxy groups -OCH3 is 2. The van der Waals surface area contributed by atoms with Crippen molar-refractivity contribution < 1.29 is 14.3 Å². The Morgan fingerprint density at radius 3 is 2.48 bits per heavy atom. The van der Waals surface area contributed by atoms with Crippen LogP contribution in [0.1, 0.15) is 28.9 Å². The zero-order valence-corrected chi connectivity index (χ0v) is 12.3. The maximum atomic E-state index is 12.4. The summed E-state index contributed by atoms with van der Waals surface area (Å²) in [6, 6.07) is 8.73. The second-order valence-electron chi connectivity index (χ2n) is 4.54. The predicted octanol–water partition coefficient (Wildman–Crippen LogP) is 2.59. The third kappa shape index (κ3) is 3.51. The topological polar surface area (TPSA) is 60.5 Å². The van der Waals surface area contributed by atoms with Gasteiger partial charge in [0.1, 0.15) is 11.5 Å². The van der Waals surface area contributed by atoms with E-state index in [2.05, 4.69) is 10.3 Å². The molecule has 1 amide bonds. The SMILES string of the molecule is COc1ccc(OC)c(C(=O)N[C@H](C)c2ccncc2)c1. The summed E-state index contributed by atoms with van der Waals surface area (Å²) in [5, 5.41) is 2.94. The van der Waals surface area contributed by atoms with E-state index in [4.69, 9.17) is 9.47 Å². The summed E-state index contributed by atoms with van der Waals surface area (Å²) in [4.78, 5) is 16.4. The van der Waals surface area contributed by atoms with E-state index in [1.54, 1.807) is 37.7 Å². The number of carbonyl (C=O) groups is 1. The van der Waals surface area contributed by atoms with Crippen LogP contribution in [0.5, 0.6) is 11.5 Å². The number of hydrogen-bond acceptors (Lipinski definition) is 4. The van der Waals surface area contributed by atoms with Crippen LogP contribution in [0.4, 0.5) is 0 Å². The Bertz CT molecular complexity index is 614. The van der Waals surface area contributed by atoms with Crippen LogP contribution < -0.4 is 14.8 Å². The van der Waals surface area contributed by atoms with Crippen molar-refractivity contribution in [1.29, 1.82) is 0 Å². The average molecular weight is 286 g/mol. The molecule has 0 aliphatic rings. The van der Waals surface area contributed by atoms with Gasteiger partial charge in [-0.1, -0.05) is 0 Å². The molecule has 0 aliphatic carbocycles. The summed E-state index contributed by atoms with van der Waals surface area (Å²) in [7, 11) is 3.09. The number of amides is 1. The number of rotatable bonds is 5. The number of benzene rings is 1. The summed E-state index contributed by atoms with van der Waals surface area (Å²) < 4.78 is 10.4. The fourth-order valence-electron chi connectivity index (χ4n) is 2.00. The number of nitrogens with one attached hydrogen (secondary N) is 1. The van der Waals surface area contributed by atoms with Gasteiger partial charge in [-0.05, 0) is 42.8 Å². The molecule has 0 saturated carbocycles. The van der Waals surface area contributed by atoms with Gasteiger partial charge < -0.3 is 14.8 Å². The number of nitrogens with zero attached hydrogens (tertiary/aromatic N) is 1. The summed E-state index contributed by atoms with van der Waals surface area (Å²) in [5.41, 5.74) is 1.43. The predicted molar refractivity (Wildman–Crippen MR) is 79.7 cm³/mol. The van der Waals surface area contributed by atoms with Crippen molar-refractivity contribution in [3.8, 4) is 11.5 Å². The molecule has 2 aromatic rings. The van der Waals surface area contributed by atoms with Crippen LogP contribution in [0.3, 0.4) is 0 Å². The molecule has 5 heteroatoms. The Morgan fingerprint density at radius 2 is 1.86 bits per heavy atom. The van der Waals surface area contributed by atoms with Crippen molar-refractivity contribution in [2.45, 2.75) is 13.0 Å². The molecule has 1 atom stereocenters. The highest BCUT2D eigenvalue weighted by atomic mass is 16.5. The van der Waals surface area contributed by atoms with E-state index in [0.29, 0.717) is 17.1 Å². The fraction of sp³-hybridized carbons (Fsp3) is 0.250. The van der Waals surface area contributed by atoms with Crippen LogP contribution in [0.2, 0.25) is 0 Å². The molecule has 0 bridgehead atoms. The lowest BCUT2D eigenvalue weighted by atomic mass is 10.1. The fourth-order valence-corrected chi connectivity index (χ4v) is 2.00. The summed E-state index contributed by atoms with van der Waals surface area (Å²) in [6.07, 6.45) is 3.40. The quantitative estimate of drug-likeness (QED) is 0.917. The smallest absolute Gasteiger partial charge is 0.255 e. The molecule has 5 nitrogen and oxygen atoms in total. The lowest BCUT2D eigenvalue weighted by molar-refractivity contribution is 0.0936. The van der Waals surface area contributed by atoms with Gasteiger partial charge in [-0.15, -0.1) is 0 Å². The normalized spacial score (nSPS) is 11.6. The standard InChI is InChI=1S/C16H18N2O3/c1-11(12-6-8-17-9-7-12)18-16(19)14-10-13(20-2)4-5-15(14)21-3/h4-11H,1-3H3,(H,18,19)/t11-/m1/s1. The molecule has 21 heavy (non-hydrogen) atoms. The minimum atomic E-state index is -0.213. The molecule has 1 N–H and O–H groups in total. The van der Waals surface area contributed by atoms with Crippen molar-refractivity contribution in [3.05, 3.63) is 53.9 Å². The molecule has 0 unspecified atom stereocenters. The zero-order chi connectivity index (χ0) is 15.2. The zero-order valence-electron chi connectivity index (χ0n) is 12.3. The molecule has 0 fully saturated rings. The highest BCUT2D eigenvalue weighted by Crippen LogP contribution is 2.24. The molecular weight excluding hydrogens is 268 g/mol. The number of aromatic nitrogens is 1.